The van der Waals surface area contributed by atoms with Gasteiger partial charge in [-0.1, -0.05) is 43.3 Å². The first-order valence-corrected chi connectivity index (χ1v) is 13.1. The summed E-state index contributed by atoms with van der Waals surface area (Å²) in [6.07, 6.45) is 5.02. The largest absolute Gasteiger partial charge is 0.507 e. The van der Waals surface area contributed by atoms with Gasteiger partial charge in [0.25, 0.3) is 0 Å². The summed E-state index contributed by atoms with van der Waals surface area (Å²) in [5.41, 5.74) is 4.88. The zero-order chi connectivity index (χ0) is 26.4. The smallest absolute Gasteiger partial charge is 0.207 e. The molecule has 1 aliphatic carbocycles. The Labute approximate surface area is 225 Å². The van der Waals surface area contributed by atoms with Gasteiger partial charge in [0.05, 0.1) is 16.4 Å². The minimum absolute atomic E-state index is 0.195. The fourth-order valence-electron chi connectivity index (χ4n) is 4.00. The Morgan fingerprint density at radius 2 is 1.81 bits per heavy atom. The van der Waals surface area contributed by atoms with E-state index in [1.807, 2.05) is 25.2 Å². The second-order valence-electron chi connectivity index (χ2n) is 9.63. The van der Waals surface area contributed by atoms with Crippen molar-refractivity contribution in [3.05, 3.63) is 76.4 Å². The normalized spacial score (nSPS) is 14.4. The molecule has 4 N–H and O–H groups in total. The van der Waals surface area contributed by atoms with Crippen molar-refractivity contribution < 1.29 is 9.90 Å². The number of anilines is 1. The van der Waals surface area contributed by atoms with Crippen molar-refractivity contribution in [2.45, 2.75) is 45.8 Å². The molecule has 1 aliphatic rings. The molecule has 0 radical (unpaired) electrons. The molecule has 37 heavy (non-hydrogen) atoms. The number of rotatable bonds is 9. The maximum atomic E-state index is 10.2. The van der Waals surface area contributed by atoms with Crippen LogP contribution in [0.3, 0.4) is 0 Å². The number of phenolic OH excluding ortho intramolecular Hbond substituents is 1. The van der Waals surface area contributed by atoms with E-state index >= 15 is 0 Å². The van der Waals surface area contributed by atoms with Crippen LogP contribution in [0.15, 0.2) is 65.3 Å². The molecule has 0 aliphatic heterocycles. The highest BCUT2D eigenvalue weighted by atomic mass is 79.9. The van der Waals surface area contributed by atoms with Crippen molar-refractivity contribution in [1.82, 2.24) is 25.2 Å². The number of phenols is 1. The van der Waals surface area contributed by atoms with Crippen molar-refractivity contribution in [2.75, 3.05) is 12.4 Å². The Hall–Kier alpha value is -3.43. The Kier molecular flexibility index (Phi) is 8.45. The standard InChI is InChI=1S/C21H20BrN5O.C7H13NO/c1-23-11-14-6-8-15(9-7-14)12-24-20-10-18(16-4-2-3-5-19(16)28)26-21-17(22)13-25-27(20)21;1-6(8-5-9)7(2)3-4-7/h2-10,13,23-24,28H,11-12H2,1H3;5-6H,3-4H2,1-2H3,(H,8,9). The number of hydrogen-bond acceptors (Lipinski definition) is 6. The SMILES string of the molecule is CC(NC=O)C1(C)CC1.CNCc1ccc(CNc2cc(-c3ccccc3O)nc3c(Br)cnn23)cc1. The number of benzene rings is 2. The number of amides is 1. The highest BCUT2D eigenvalue weighted by Gasteiger charge is 2.42. The zero-order valence-electron chi connectivity index (χ0n) is 21.3. The molecule has 2 aromatic carbocycles. The lowest BCUT2D eigenvalue weighted by atomic mass is 10.0. The number of aromatic nitrogens is 3. The molecule has 5 rings (SSSR count). The third-order valence-corrected chi connectivity index (χ3v) is 7.45. The maximum absolute atomic E-state index is 10.2. The van der Waals surface area contributed by atoms with Gasteiger partial charge in [-0.05, 0) is 71.4 Å². The van der Waals surface area contributed by atoms with Crippen LogP contribution in [-0.4, -0.2) is 39.2 Å². The van der Waals surface area contributed by atoms with Gasteiger partial charge in [0.15, 0.2) is 5.65 Å². The first-order valence-electron chi connectivity index (χ1n) is 12.3. The van der Waals surface area contributed by atoms with Crippen LogP contribution in [-0.2, 0) is 17.9 Å². The van der Waals surface area contributed by atoms with Crippen molar-refractivity contribution in [3.8, 4) is 17.0 Å². The zero-order valence-corrected chi connectivity index (χ0v) is 22.9. The van der Waals surface area contributed by atoms with Crippen LogP contribution in [0.25, 0.3) is 16.9 Å². The summed E-state index contributed by atoms with van der Waals surface area (Å²) in [6.45, 7) is 5.76. The van der Waals surface area contributed by atoms with Gasteiger partial charge in [-0.3, -0.25) is 4.79 Å². The monoisotopic (exact) mass is 564 g/mol. The highest BCUT2D eigenvalue weighted by Crippen LogP contribution is 2.47. The van der Waals surface area contributed by atoms with Crippen LogP contribution >= 0.6 is 15.9 Å². The average Bonchev–Trinajstić information content (AvgIpc) is 3.55. The van der Waals surface area contributed by atoms with Crippen LogP contribution in [0, 0.1) is 5.41 Å². The quantitative estimate of drug-likeness (QED) is 0.210. The number of fused-ring (bicyclic) bond motifs is 1. The van der Waals surface area contributed by atoms with Gasteiger partial charge in [0.1, 0.15) is 11.6 Å². The van der Waals surface area contributed by atoms with E-state index in [2.05, 4.69) is 80.1 Å². The number of para-hydroxylation sites is 1. The highest BCUT2D eigenvalue weighted by molar-refractivity contribution is 9.10. The van der Waals surface area contributed by atoms with Crippen molar-refractivity contribution >= 4 is 33.8 Å². The number of halogens is 1. The second-order valence-corrected chi connectivity index (χ2v) is 10.5. The molecule has 0 spiro atoms. The molecule has 1 fully saturated rings. The average molecular weight is 566 g/mol. The Balaban J connectivity index is 0.000000301. The predicted octanol–water partition coefficient (Wildman–Crippen LogP) is 5.12. The van der Waals surface area contributed by atoms with E-state index in [1.165, 1.54) is 24.0 Å². The van der Waals surface area contributed by atoms with Crippen LogP contribution in [0.1, 0.15) is 37.8 Å². The van der Waals surface area contributed by atoms with Gasteiger partial charge in [0.2, 0.25) is 6.41 Å². The molecule has 4 aromatic rings. The van der Waals surface area contributed by atoms with Gasteiger partial charge < -0.3 is 21.1 Å². The topological polar surface area (TPSA) is 104 Å². The summed E-state index contributed by atoms with van der Waals surface area (Å²) in [5, 5.41) is 24.0. The first kappa shape index (κ1) is 26.6. The first-order chi connectivity index (χ1) is 17.8. The lowest BCUT2D eigenvalue weighted by molar-refractivity contribution is -0.110. The summed E-state index contributed by atoms with van der Waals surface area (Å²) < 4.78 is 2.55. The molecule has 194 valence electrons. The molecule has 1 saturated carbocycles. The number of nitrogens with zero attached hydrogens (tertiary/aromatic N) is 3. The van der Waals surface area contributed by atoms with Gasteiger partial charge in [0, 0.05) is 30.8 Å². The number of carbonyl (C=O) groups excluding carboxylic acids is 1. The molecule has 2 aromatic heterocycles. The summed E-state index contributed by atoms with van der Waals surface area (Å²) in [7, 11) is 1.94. The van der Waals surface area contributed by atoms with Crippen molar-refractivity contribution in [1.29, 1.82) is 0 Å². The van der Waals surface area contributed by atoms with Gasteiger partial charge in [-0.25, -0.2) is 4.98 Å². The number of hydrogen-bond donors (Lipinski definition) is 4. The summed E-state index contributed by atoms with van der Waals surface area (Å²) in [4.78, 5) is 14.6. The fraction of sp³-hybridized carbons (Fsp3) is 0.321. The number of aromatic hydroxyl groups is 1. The number of carbonyl (C=O) groups is 1. The summed E-state index contributed by atoms with van der Waals surface area (Å²) in [6, 6.07) is 17.9. The molecule has 1 amide bonds. The van der Waals surface area contributed by atoms with E-state index in [9.17, 15) is 9.90 Å². The van der Waals surface area contributed by atoms with Crippen molar-refractivity contribution in [2.24, 2.45) is 5.41 Å². The molecule has 2 heterocycles. The molecule has 0 saturated heterocycles. The Morgan fingerprint density at radius 3 is 2.43 bits per heavy atom. The summed E-state index contributed by atoms with van der Waals surface area (Å²) >= 11 is 3.50. The van der Waals surface area contributed by atoms with Crippen LogP contribution < -0.4 is 16.0 Å². The van der Waals surface area contributed by atoms with Gasteiger partial charge >= 0.3 is 0 Å². The molecular formula is C28H33BrN6O2. The van der Waals surface area contributed by atoms with E-state index in [1.54, 1.807) is 22.8 Å². The van der Waals surface area contributed by atoms with E-state index in [0.29, 0.717) is 34.9 Å². The third kappa shape index (κ3) is 6.47. The van der Waals surface area contributed by atoms with Crippen LogP contribution in [0.2, 0.25) is 0 Å². The third-order valence-electron chi connectivity index (χ3n) is 6.89. The van der Waals surface area contributed by atoms with E-state index in [4.69, 9.17) is 0 Å². The minimum atomic E-state index is 0.195. The second kappa shape index (κ2) is 11.7. The van der Waals surface area contributed by atoms with E-state index in [0.717, 1.165) is 23.2 Å². The molecule has 1 atom stereocenters. The predicted molar refractivity (Wildman–Crippen MR) is 150 cm³/mol. The molecule has 1 unspecified atom stereocenters. The Bertz CT molecular complexity index is 1350. The van der Waals surface area contributed by atoms with Crippen LogP contribution in [0.5, 0.6) is 5.75 Å². The maximum Gasteiger partial charge on any atom is 0.207 e. The molecule has 8 nitrogen and oxygen atoms in total. The van der Waals surface area contributed by atoms with Gasteiger partial charge in [-0.15, -0.1) is 0 Å². The molecule has 0 bridgehead atoms. The molecule has 9 heteroatoms. The van der Waals surface area contributed by atoms with Crippen LogP contribution in [0.4, 0.5) is 5.82 Å². The fourth-order valence-corrected chi connectivity index (χ4v) is 4.34. The lowest BCUT2D eigenvalue weighted by Gasteiger charge is -2.16. The van der Waals surface area contributed by atoms with Crippen molar-refractivity contribution in [3.63, 3.8) is 0 Å². The van der Waals surface area contributed by atoms with E-state index in [-0.39, 0.29) is 5.75 Å². The van der Waals surface area contributed by atoms with Gasteiger partial charge in [-0.2, -0.15) is 9.61 Å². The van der Waals surface area contributed by atoms with E-state index < -0.39 is 0 Å². The Morgan fingerprint density at radius 1 is 1.14 bits per heavy atom. The summed E-state index contributed by atoms with van der Waals surface area (Å²) in [5.74, 6) is 0.995. The molecular weight excluding hydrogens is 532 g/mol. The number of nitrogens with one attached hydrogen (secondary N) is 3. The minimum Gasteiger partial charge on any atom is -0.507 e. The lowest BCUT2D eigenvalue weighted by Crippen LogP contribution is -2.31.